The van der Waals surface area contributed by atoms with E-state index in [0.29, 0.717) is 0 Å². The monoisotopic (exact) mass is 255 g/mol. The number of H-pyrrole nitrogens is 1. The van der Waals surface area contributed by atoms with Crippen molar-refractivity contribution in [3.8, 4) is 5.95 Å². The molecule has 2 aromatic heterocycles. The highest BCUT2D eigenvalue weighted by molar-refractivity contribution is 5.75. The molecule has 19 heavy (non-hydrogen) atoms. The molecule has 5 heteroatoms. The van der Waals surface area contributed by atoms with E-state index in [2.05, 4.69) is 20.4 Å². The minimum absolute atomic E-state index is 0.765. The molecule has 2 heterocycles. The number of aromatic nitrogens is 4. The van der Waals surface area contributed by atoms with Crippen LogP contribution in [0.5, 0.6) is 0 Å². The van der Waals surface area contributed by atoms with Crippen molar-refractivity contribution < 1.29 is 0 Å². The molecule has 0 bridgehead atoms. The summed E-state index contributed by atoms with van der Waals surface area (Å²) < 4.78 is 1.80. The molecule has 0 aliphatic heterocycles. The van der Waals surface area contributed by atoms with Gasteiger partial charge >= 0.3 is 0 Å². The standard InChI is InChI=1S/C14H17N5/c1-15-8-4-5-11-9-16-19(10-11)14-17-12-6-2-3-7-13(12)18-14/h2-3,6-7,9-10,15H,4-5,8H2,1H3,(H,17,18). The van der Waals surface area contributed by atoms with Crippen LogP contribution in [0.15, 0.2) is 36.7 Å². The first-order valence-corrected chi connectivity index (χ1v) is 6.50. The van der Waals surface area contributed by atoms with Crippen molar-refractivity contribution in [1.82, 2.24) is 25.1 Å². The topological polar surface area (TPSA) is 58.5 Å². The zero-order chi connectivity index (χ0) is 13.1. The molecule has 0 aliphatic rings. The lowest BCUT2D eigenvalue weighted by Crippen LogP contribution is -2.08. The molecular formula is C14H17N5. The van der Waals surface area contributed by atoms with Crippen LogP contribution in [0, 0.1) is 0 Å². The largest absolute Gasteiger partial charge is 0.322 e. The Morgan fingerprint density at radius 1 is 1.32 bits per heavy atom. The molecule has 3 aromatic rings. The number of imidazole rings is 1. The van der Waals surface area contributed by atoms with Gasteiger partial charge in [0.05, 0.1) is 17.2 Å². The van der Waals surface area contributed by atoms with Gasteiger partial charge in [-0.2, -0.15) is 5.10 Å². The van der Waals surface area contributed by atoms with Crippen LogP contribution in [0.25, 0.3) is 17.0 Å². The highest BCUT2D eigenvalue weighted by atomic mass is 15.3. The van der Waals surface area contributed by atoms with Gasteiger partial charge < -0.3 is 10.3 Å². The van der Waals surface area contributed by atoms with Crippen LogP contribution in [-0.4, -0.2) is 33.3 Å². The lowest BCUT2D eigenvalue weighted by molar-refractivity contribution is 0.724. The van der Waals surface area contributed by atoms with Crippen molar-refractivity contribution in [3.05, 3.63) is 42.2 Å². The average molecular weight is 255 g/mol. The molecule has 0 atom stereocenters. The SMILES string of the molecule is CNCCCc1cnn(-c2nc3ccccc3[nH]2)c1. The predicted octanol–water partition coefficient (Wildman–Crippen LogP) is 1.90. The summed E-state index contributed by atoms with van der Waals surface area (Å²) >= 11 is 0. The van der Waals surface area contributed by atoms with Gasteiger partial charge in [0.25, 0.3) is 0 Å². The van der Waals surface area contributed by atoms with Gasteiger partial charge in [0.1, 0.15) is 0 Å². The smallest absolute Gasteiger partial charge is 0.229 e. The molecule has 0 saturated carbocycles. The summed E-state index contributed by atoms with van der Waals surface area (Å²) in [6.45, 7) is 1.02. The number of hydrogen-bond acceptors (Lipinski definition) is 3. The Morgan fingerprint density at radius 3 is 3.05 bits per heavy atom. The summed E-state index contributed by atoms with van der Waals surface area (Å²) in [5, 5.41) is 7.51. The first kappa shape index (κ1) is 11.9. The van der Waals surface area contributed by atoms with Gasteiger partial charge in [-0.25, -0.2) is 9.67 Å². The van der Waals surface area contributed by atoms with Gasteiger partial charge in [-0.15, -0.1) is 0 Å². The highest BCUT2D eigenvalue weighted by Gasteiger charge is 2.05. The number of nitrogens with zero attached hydrogens (tertiary/aromatic N) is 3. The van der Waals surface area contributed by atoms with Crippen LogP contribution < -0.4 is 5.32 Å². The molecule has 0 fully saturated rings. The van der Waals surface area contributed by atoms with Crippen LogP contribution in [0.3, 0.4) is 0 Å². The van der Waals surface area contributed by atoms with Crippen LogP contribution in [-0.2, 0) is 6.42 Å². The highest BCUT2D eigenvalue weighted by Crippen LogP contribution is 2.13. The fraction of sp³-hybridized carbons (Fsp3) is 0.286. The zero-order valence-electron chi connectivity index (χ0n) is 10.9. The molecular weight excluding hydrogens is 238 g/mol. The van der Waals surface area contributed by atoms with Crippen LogP contribution >= 0.6 is 0 Å². The normalized spacial score (nSPS) is 11.2. The minimum Gasteiger partial charge on any atom is -0.322 e. The van der Waals surface area contributed by atoms with Gasteiger partial charge in [0.2, 0.25) is 5.95 Å². The fourth-order valence-electron chi connectivity index (χ4n) is 2.12. The Balaban J connectivity index is 1.81. The molecule has 0 saturated heterocycles. The first-order valence-electron chi connectivity index (χ1n) is 6.50. The number of benzene rings is 1. The average Bonchev–Trinajstić information content (AvgIpc) is 3.04. The maximum absolute atomic E-state index is 4.53. The third kappa shape index (κ3) is 2.51. The van der Waals surface area contributed by atoms with Gasteiger partial charge in [0, 0.05) is 6.20 Å². The summed E-state index contributed by atoms with van der Waals surface area (Å²) in [6.07, 6.45) is 6.08. The first-order chi connectivity index (χ1) is 9.36. The third-order valence-corrected chi connectivity index (χ3v) is 3.12. The molecule has 0 aliphatic carbocycles. The molecule has 2 N–H and O–H groups in total. The van der Waals surface area contributed by atoms with E-state index in [1.54, 1.807) is 4.68 Å². The molecule has 0 spiro atoms. The number of fused-ring (bicyclic) bond motifs is 1. The van der Waals surface area contributed by atoms with E-state index in [1.165, 1.54) is 5.56 Å². The van der Waals surface area contributed by atoms with Crippen molar-refractivity contribution in [2.45, 2.75) is 12.8 Å². The van der Waals surface area contributed by atoms with Crippen LogP contribution in [0.2, 0.25) is 0 Å². The van der Waals surface area contributed by atoms with E-state index in [-0.39, 0.29) is 0 Å². The number of rotatable bonds is 5. The summed E-state index contributed by atoms with van der Waals surface area (Å²) in [5.41, 5.74) is 3.23. The molecule has 1 aromatic carbocycles. The number of aromatic amines is 1. The molecule has 0 radical (unpaired) electrons. The number of hydrogen-bond donors (Lipinski definition) is 2. The van der Waals surface area contributed by atoms with Crippen molar-refractivity contribution in [1.29, 1.82) is 0 Å². The molecule has 5 nitrogen and oxygen atoms in total. The van der Waals surface area contributed by atoms with Gasteiger partial charge in [0.15, 0.2) is 0 Å². The fourth-order valence-corrected chi connectivity index (χ4v) is 2.12. The van der Waals surface area contributed by atoms with Crippen molar-refractivity contribution in [2.75, 3.05) is 13.6 Å². The number of para-hydroxylation sites is 2. The van der Waals surface area contributed by atoms with E-state index in [1.807, 2.05) is 43.7 Å². The van der Waals surface area contributed by atoms with Gasteiger partial charge in [-0.05, 0) is 44.1 Å². The van der Waals surface area contributed by atoms with E-state index < -0.39 is 0 Å². The van der Waals surface area contributed by atoms with E-state index in [4.69, 9.17) is 0 Å². The molecule has 98 valence electrons. The second kappa shape index (κ2) is 5.24. The Hall–Kier alpha value is -2.14. The van der Waals surface area contributed by atoms with E-state index in [9.17, 15) is 0 Å². The van der Waals surface area contributed by atoms with Crippen molar-refractivity contribution in [2.24, 2.45) is 0 Å². The maximum atomic E-state index is 4.53. The van der Waals surface area contributed by atoms with Crippen molar-refractivity contribution >= 4 is 11.0 Å². The van der Waals surface area contributed by atoms with E-state index >= 15 is 0 Å². The maximum Gasteiger partial charge on any atom is 0.229 e. The van der Waals surface area contributed by atoms with Crippen LogP contribution in [0.4, 0.5) is 0 Å². The Morgan fingerprint density at radius 2 is 2.21 bits per heavy atom. The Kier molecular flexibility index (Phi) is 3.29. The Bertz CT molecular complexity index is 634. The summed E-state index contributed by atoms with van der Waals surface area (Å²) in [5.74, 6) is 0.765. The lowest BCUT2D eigenvalue weighted by atomic mass is 10.2. The summed E-state index contributed by atoms with van der Waals surface area (Å²) in [7, 11) is 1.97. The molecule has 3 rings (SSSR count). The second-order valence-corrected chi connectivity index (χ2v) is 4.58. The quantitative estimate of drug-likeness (QED) is 0.685. The summed E-state index contributed by atoms with van der Waals surface area (Å²) in [6, 6.07) is 7.99. The summed E-state index contributed by atoms with van der Waals surface area (Å²) in [4.78, 5) is 7.79. The second-order valence-electron chi connectivity index (χ2n) is 4.58. The van der Waals surface area contributed by atoms with Crippen LogP contribution in [0.1, 0.15) is 12.0 Å². The van der Waals surface area contributed by atoms with Crippen molar-refractivity contribution in [3.63, 3.8) is 0 Å². The predicted molar refractivity (Wildman–Crippen MR) is 75.5 cm³/mol. The van der Waals surface area contributed by atoms with Gasteiger partial charge in [-0.3, -0.25) is 0 Å². The third-order valence-electron chi connectivity index (χ3n) is 3.12. The molecule has 0 amide bonds. The molecule has 0 unspecified atom stereocenters. The number of aryl methyl sites for hydroxylation is 1. The Labute approximate surface area is 111 Å². The van der Waals surface area contributed by atoms with Gasteiger partial charge in [-0.1, -0.05) is 12.1 Å². The van der Waals surface area contributed by atoms with E-state index in [0.717, 1.165) is 36.4 Å². The number of nitrogens with one attached hydrogen (secondary N) is 2. The zero-order valence-corrected chi connectivity index (χ0v) is 10.9. The lowest BCUT2D eigenvalue weighted by Gasteiger charge is -1.96. The minimum atomic E-state index is 0.765.